The van der Waals surface area contributed by atoms with Gasteiger partial charge in [0.25, 0.3) is 0 Å². The quantitative estimate of drug-likeness (QED) is 0.742. The van der Waals surface area contributed by atoms with Gasteiger partial charge in [0.15, 0.2) is 0 Å². The van der Waals surface area contributed by atoms with Gasteiger partial charge in [-0.25, -0.2) is 0 Å². The van der Waals surface area contributed by atoms with Gasteiger partial charge in [-0.3, -0.25) is 4.90 Å². The van der Waals surface area contributed by atoms with E-state index in [0.29, 0.717) is 12.1 Å². The average molecular weight is 248 g/mol. The fraction of sp³-hybridized carbons (Fsp3) is 0.938. The van der Waals surface area contributed by atoms with E-state index in [0.717, 1.165) is 18.3 Å². The highest BCUT2D eigenvalue weighted by atomic mass is 15.2. The van der Waals surface area contributed by atoms with Crippen LogP contribution in [-0.4, -0.2) is 23.5 Å². The van der Waals surface area contributed by atoms with Crippen molar-refractivity contribution in [3.63, 3.8) is 0 Å². The molecular weight excluding hydrogens is 220 g/mol. The standard InChI is InChI=1S/C16H28N2/c1-4-14-7-8-15(10-17)16(9-14)18-11-12(2)5-6-13(18)3/h12-16H,4-9,11H2,1-3H3. The van der Waals surface area contributed by atoms with Crippen molar-refractivity contribution in [2.45, 2.75) is 71.4 Å². The van der Waals surface area contributed by atoms with Crippen molar-refractivity contribution in [2.75, 3.05) is 6.54 Å². The van der Waals surface area contributed by atoms with Crippen LogP contribution in [0.3, 0.4) is 0 Å². The third-order valence-electron chi connectivity index (χ3n) is 5.26. The molecule has 2 aliphatic rings. The van der Waals surface area contributed by atoms with Crippen molar-refractivity contribution in [3.05, 3.63) is 0 Å². The van der Waals surface area contributed by atoms with Crippen LogP contribution in [0.5, 0.6) is 0 Å². The van der Waals surface area contributed by atoms with E-state index < -0.39 is 0 Å². The van der Waals surface area contributed by atoms with E-state index in [1.54, 1.807) is 0 Å². The second kappa shape index (κ2) is 6.06. The summed E-state index contributed by atoms with van der Waals surface area (Å²) in [5.74, 6) is 1.94. The Hall–Kier alpha value is -0.550. The highest BCUT2D eigenvalue weighted by Gasteiger charge is 2.37. The molecule has 2 heteroatoms. The third kappa shape index (κ3) is 2.88. The first-order chi connectivity index (χ1) is 8.65. The monoisotopic (exact) mass is 248 g/mol. The number of nitrogens with zero attached hydrogens (tertiary/aromatic N) is 2. The SMILES string of the molecule is CCC1CCC(C#N)C(N2CC(C)CCC2C)C1. The van der Waals surface area contributed by atoms with E-state index in [1.807, 2.05) is 0 Å². The van der Waals surface area contributed by atoms with E-state index in [9.17, 15) is 5.26 Å². The lowest BCUT2D eigenvalue weighted by molar-refractivity contribution is 0.0269. The lowest BCUT2D eigenvalue weighted by Crippen LogP contribution is -2.52. The van der Waals surface area contributed by atoms with Crippen LogP contribution in [0.1, 0.15) is 59.3 Å². The Balaban J connectivity index is 2.09. The van der Waals surface area contributed by atoms with Gasteiger partial charge in [0.2, 0.25) is 0 Å². The molecular formula is C16H28N2. The van der Waals surface area contributed by atoms with Gasteiger partial charge in [0.1, 0.15) is 0 Å². The minimum Gasteiger partial charge on any atom is -0.296 e. The predicted octanol–water partition coefficient (Wildman–Crippen LogP) is 3.83. The number of hydrogen-bond acceptors (Lipinski definition) is 2. The molecule has 5 atom stereocenters. The van der Waals surface area contributed by atoms with Crippen molar-refractivity contribution >= 4 is 0 Å². The maximum Gasteiger partial charge on any atom is 0.0672 e. The summed E-state index contributed by atoms with van der Waals surface area (Å²) < 4.78 is 0. The van der Waals surface area contributed by atoms with Gasteiger partial charge in [-0.2, -0.15) is 5.26 Å². The predicted molar refractivity (Wildman–Crippen MR) is 75.1 cm³/mol. The summed E-state index contributed by atoms with van der Waals surface area (Å²) >= 11 is 0. The fourth-order valence-electron chi connectivity index (χ4n) is 3.90. The first-order valence-electron chi connectivity index (χ1n) is 7.81. The van der Waals surface area contributed by atoms with Gasteiger partial charge in [-0.05, 0) is 50.9 Å². The van der Waals surface area contributed by atoms with Crippen LogP contribution < -0.4 is 0 Å². The average Bonchev–Trinajstić information content (AvgIpc) is 2.40. The Morgan fingerprint density at radius 1 is 1.17 bits per heavy atom. The molecule has 0 bridgehead atoms. The zero-order valence-corrected chi connectivity index (χ0v) is 12.2. The summed E-state index contributed by atoms with van der Waals surface area (Å²) in [6.07, 6.45) is 7.60. The second-order valence-corrected chi connectivity index (χ2v) is 6.62. The highest BCUT2D eigenvalue weighted by Crippen LogP contribution is 2.37. The van der Waals surface area contributed by atoms with E-state index in [1.165, 1.54) is 38.6 Å². The van der Waals surface area contributed by atoms with Gasteiger partial charge in [-0.1, -0.05) is 20.3 Å². The maximum atomic E-state index is 9.43. The Morgan fingerprint density at radius 2 is 1.94 bits per heavy atom. The van der Waals surface area contributed by atoms with Crippen molar-refractivity contribution in [1.82, 2.24) is 4.90 Å². The summed E-state index contributed by atoms with van der Waals surface area (Å²) in [6, 6.07) is 3.80. The van der Waals surface area contributed by atoms with Crippen LogP contribution in [-0.2, 0) is 0 Å². The normalized spacial score (nSPS) is 42.4. The molecule has 0 aromatic carbocycles. The van der Waals surface area contributed by atoms with Crippen LogP contribution in [0.2, 0.25) is 0 Å². The minimum absolute atomic E-state index is 0.278. The van der Waals surface area contributed by atoms with Gasteiger partial charge < -0.3 is 0 Å². The minimum atomic E-state index is 0.278. The van der Waals surface area contributed by atoms with Gasteiger partial charge in [0.05, 0.1) is 12.0 Å². The van der Waals surface area contributed by atoms with Gasteiger partial charge in [-0.15, -0.1) is 0 Å². The molecule has 18 heavy (non-hydrogen) atoms. The molecule has 0 radical (unpaired) electrons. The van der Waals surface area contributed by atoms with Crippen LogP contribution in [0.15, 0.2) is 0 Å². The first kappa shape index (κ1) is 13.9. The molecule has 0 N–H and O–H groups in total. The van der Waals surface area contributed by atoms with Crippen LogP contribution >= 0.6 is 0 Å². The van der Waals surface area contributed by atoms with Crippen LogP contribution in [0.25, 0.3) is 0 Å². The van der Waals surface area contributed by atoms with E-state index in [-0.39, 0.29) is 5.92 Å². The lowest BCUT2D eigenvalue weighted by Gasteiger charge is -2.46. The lowest BCUT2D eigenvalue weighted by atomic mass is 9.75. The highest BCUT2D eigenvalue weighted by molar-refractivity contribution is 4.99. The number of rotatable bonds is 2. The first-order valence-corrected chi connectivity index (χ1v) is 7.81. The molecule has 102 valence electrons. The Labute approximate surface area is 112 Å². The summed E-state index contributed by atoms with van der Waals surface area (Å²) in [7, 11) is 0. The molecule has 0 spiro atoms. The van der Waals surface area contributed by atoms with Crippen molar-refractivity contribution < 1.29 is 0 Å². The zero-order chi connectivity index (χ0) is 13.1. The number of nitriles is 1. The number of likely N-dealkylation sites (tertiary alicyclic amines) is 1. The van der Waals surface area contributed by atoms with Gasteiger partial charge >= 0.3 is 0 Å². The van der Waals surface area contributed by atoms with Crippen molar-refractivity contribution in [1.29, 1.82) is 5.26 Å². The molecule has 1 saturated carbocycles. The fourth-order valence-corrected chi connectivity index (χ4v) is 3.90. The van der Waals surface area contributed by atoms with Crippen molar-refractivity contribution in [3.8, 4) is 6.07 Å². The van der Waals surface area contributed by atoms with Crippen molar-refractivity contribution in [2.24, 2.45) is 17.8 Å². The summed E-state index contributed by atoms with van der Waals surface area (Å²) in [5.41, 5.74) is 0. The van der Waals surface area contributed by atoms with E-state index in [4.69, 9.17) is 0 Å². The summed E-state index contributed by atoms with van der Waals surface area (Å²) in [6.45, 7) is 8.23. The molecule has 5 unspecified atom stereocenters. The Morgan fingerprint density at radius 3 is 2.61 bits per heavy atom. The van der Waals surface area contributed by atoms with Gasteiger partial charge in [0, 0.05) is 18.6 Å². The number of hydrogen-bond donors (Lipinski definition) is 0. The zero-order valence-electron chi connectivity index (χ0n) is 12.2. The topological polar surface area (TPSA) is 27.0 Å². The van der Waals surface area contributed by atoms with E-state index >= 15 is 0 Å². The molecule has 2 fully saturated rings. The van der Waals surface area contributed by atoms with Crippen LogP contribution in [0.4, 0.5) is 0 Å². The smallest absolute Gasteiger partial charge is 0.0672 e. The molecule has 2 nitrogen and oxygen atoms in total. The largest absolute Gasteiger partial charge is 0.296 e. The summed E-state index contributed by atoms with van der Waals surface area (Å²) in [4.78, 5) is 2.67. The molecule has 0 aromatic heterocycles. The molecule has 1 aliphatic heterocycles. The number of piperidine rings is 1. The van der Waals surface area contributed by atoms with E-state index in [2.05, 4.69) is 31.7 Å². The second-order valence-electron chi connectivity index (χ2n) is 6.62. The molecule has 1 saturated heterocycles. The molecule has 2 rings (SSSR count). The molecule has 0 aromatic rings. The Kier molecular flexibility index (Phi) is 4.67. The molecule has 0 amide bonds. The maximum absolute atomic E-state index is 9.43. The molecule has 1 aliphatic carbocycles. The third-order valence-corrected chi connectivity index (χ3v) is 5.26. The van der Waals surface area contributed by atoms with Crippen LogP contribution in [0, 0.1) is 29.1 Å². The Bertz CT molecular complexity index is 307. The summed E-state index contributed by atoms with van der Waals surface area (Å²) in [5, 5.41) is 9.43. The molecule has 1 heterocycles.